The first-order valence-corrected chi connectivity index (χ1v) is 10.6. The summed E-state index contributed by atoms with van der Waals surface area (Å²) in [7, 11) is 5.76. The Balaban J connectivity index is 1.84. The summed E-state index contributed by atoms with van der Waals surface area (Å²) >= 11 is 1.70. The number of thiazole rings is 1. The fraction of sp³-hybridized carbons (Fsp3) is 0.650. The molecule has 2 aromatic heterocycles. The molecule has 1 aliphatic rings. The van der Waals surface area contributed by atoms with E-state index in [-0.39, 0.29) is 5.91 Å². The van der Waals surface area contributed by atoms with Crippen molar-refractivity contribution in [3.8, 4) is 0 Å². The van der Waals surface area contributed by atoms with Crippen LogP contribution in [0.4, 0.5) is 0 Å². The normalized spacial score (nSPS) is 16.8. The number of hydrogen-bond donors (Lipinski definition) is 0. The van der Waals surface area contributed by atoms with Gasteiger partial charge >= 0.3 is 0 Å². The van der Waals surface area contributed by atoms with Crippen LogP contribution in [0.1, 0.15) is 52.7 Å². The lowest BCUT2D eigenvalue weighted by Crippen LogP contribution is -2.37. The molecule has 1 atom stereocenters. The molecule has 1 amide bonds. The van der Waals surface area contributed by atoms with Crippen LogP contribution in [0.3, 0.4) is 0 Å². The fourth-order valence-corrected chi connectivity index (χ4v) is 4.40. The Kier molecular flexibility index (Phi) is 6.01. The Morgan fingerprint density at radius 3 is 2.70 bits per heavy atom. The molecule has 0 spiro atoms. The average Bonchev–Trinajstić information content (AvgIpc) is 3.17. The SMILES string of the molecule is Cc1nc(CN(C)[C@@H]2CCc3c(c(C(=O)N(C)C)nn3CC(C)C)C2)cs1. The summed E-state index contributed by atoms with van der Waals surface area (Å²) in [6.07, 6.45) is 2.94. The highest BCUT2D eigenvalue weighted by molar-refractivity contribution is 7.09. The van der Waals surface area contributed by atoms with Gasteiger partial charge < -0.3 is 4.90 Å². The number of carbonyl (C=O) groups is 1. The molecule has 27 heavy (non-hydrogen) atoms. The highest BCUT2D eigenvalue weighted by atomic mass is 32.1. The van der Waals surface area contributed by atoms with Crippen LogP contribution in [0, 0.1) is 12.8 Å². The van der Waals surface area contributed by atoms with Gasteiger partial charge in [-0.1, -0.05) is 13.8 Å². The van der Waals surface area contributed by atoms with Gasteiger partial charge in [-0.3, -0.25) is 14.4 Å². The molecule has 0 saturated heterocycles. The van der Waals surface area contributed by atoms with Crippen molar-refractivity contribution >= 4 is 17.2 Å². The van der Waals surface area contributed by atoms with E-state index in [1.165, 1.54) is 5.69 Å². The first-order valence-electron chi connectivity index (χ1n) is 9.67. The van der Waals surface area contributed by atoms with E-state index in [0.29, 0.717) is 17.7 Å². The van der Waals surface area contributed by atoms with E-state index in [1.54, 1.807) is 30.3 Å². The summed E-state index contributed by atoms with van der Waals surface area (Å²) in [5, 5.41) is 7.98. The zero-order valence-corrected chi connectivity index (χ0v) is 18.1. The van der Waals surface area contributed by atoms with Gasteiger partial charge in [-0.2, -0.15) is 5.10 Å². The van der Waals surface area contributed by atoms with E-state index in [0.717, 1.165) is 48.6 Å². The van der Waals surface area contributed by atoms with Crippen LogP contribution in [0.15, 0.2) is 5.38 Å². The zero-order chi connectivity index (χ0) is 19.7. The molecule has 0 aliphatic heterocycles. The highest BCUT2D eigenvalue weighted by Gasteiger charge is 2.31. The average molecular weight is 390 g/mol. The predicted octanol–water partition coefficient (Wildman–Crippen LogP) is 3.00. The second-order valence-electron chi connectivity index (χ2n) is 8.22. The first kappa shape index (κ1) is 20.0. The van der Waals surface area contributed by atoms with Crippen LogP contribution in [0.25, 0.3) is 0 Å². The van der Waals surface area contributed by atoms with Gasteiger partial charge in [0.05, 0.1) is 10.7 Å². The van der Waals surface area contributed by atoms with E-state index < -0.39 is 0 Å². The lowest BCUT2D eigenvalue weighted by atomic mass is 9.90. The molecule has 0 bridgehead atoms. The summed E-state index contributed by atoms with van der Waals surface area (Å²) in [6.45, 7) is 8.14. The number of rotatable bonds is 6. The van der Waals surface area contributed by atoms with Crippen molar-refractivity contribution in [3.05, 3.63) is 33.0 Å². The second kappa shape index (κ2) is 8.10. The van der Waals surface area contributed by atoms with Gasteiger partial charge in [0.2, 0.25) is 0 Å². The standard InChI is InChI=1S/C20H31N5OS/c1-13(2)10-25-18-8-7-16(24(6)11-15-12-27-14(3)21-15)9-17(18)19(22-25)20(26)23(4)5/h12-13,16H,7-11H2,1-6H3/t16-/m1/s1. The molecule has 3 rings (SSSR count). The first-order chi connectivity index (χ1) is 12.8. The number of amides is 1. The minimum absolute atomic E-state index is 0.00665. The van der Waals surface area contributed by atoms with Gasteiger partial charge in [-0.25, -0.2) is 4.98 Å². The molecule has 0 saturated carbocycles. The van der Waals surface area contributed by atoms with Crippen molar-refractivity contribution < 1.29 is 4.79 Å². The van der Waals surface area contributed by atoms with Crippen molar-refractivity contribution in [3.63, 3.8) is 0 Å². The van der Waals surface area contributed by atoms with Crippen molar-refractivity contribution in [2.75, 3.05) is 21.1 Å². The number of nitrogens with zero attached hydrogens (tertiary/aromatic N) is 5. The Morgan fingerprint density at radius 2 is 2.11 bits per heavy atom. The number of aromatic nitrogens is 3. The smallest absolute Gasteiger partial charge is 0.274 e. The van der Waals surface area contributed by atoms with Crippen LogP contribution in [-0.4, -0.2) is 57.7 Å². The molecule has 148 valence electrons. The van der Waals surface area contributed by atoms with Crippen LogP contribution in [-0.2, 0) is 25.9 Å². The minimum atomic E-state index is 0.00665. The quantitative estimate of drug-likeness (QED) is 0.762. The molecule has 0 fully saturated rings. The van der Waals surface area contributed by atoms with Gasteiger partial charge in [-0.05, 0) is 39.2 Å². The summed E-state index contributed by atoms with van der Waals surface area (Å²) in [4.78, 5) is 21.3. The summed E-state index contributed by atoms with van der Waals surface area (Å²) in [5.74, 6) is 0.511. The van der Waals surface area contributed by atoms with Gasteiger partial charge in [0.1, 0.15) is 0 Å². The fourth-order valence-electron chi connectivity index (χ4n) is 3.79. The number of carbonyl (C=O) groups excluding carboxylic acids is 1. The minimum Gasteiger partial charge on any atom is -0.343 e. The van der Waals surface area contributed by atoms with E-state index in [9.17, 15) is 4.79 Å². The summed E-state index contributed by atoms with van der Waals surface area (Å²) < 4.78 is 2.08. The molecule has 7 heteroatoms. The molecule has 0 N–H and O–H groups in total. The van der Waals surface area contributed by atoms with E-state index in [1.807, 2.05) is 6.92 Å². The molecule has 0 unspecified atom stereocenters. The molecule has 0 radical (unpaired) electrons. The highest BCUT2D eigenvalue weighted by Crippen LogP contribution is 2.29. The lowest BCUT2D eigenvalue weighted by molar-refractivity contribution is 0.0819. The van der Waals surface area contributed by atoms with Crippen molar-refractivity contribution in [1.29, 1.82) is 0 Å². The van der Waals surface area contributed by atoms with Crippen molar-refractivity contribution in [2.24, 2.45) is 5.92 Å². The Morgan fingerprint density at radius 1 is 1.37 bits per heavy atom. The summed E-state index contributed by atoms with van der Waals surface area (Å²) in [5.41, 5.74) is 4.17. The van der Waals surface area contributed by atoms with Gasteiger partial charge in [-0.15, -0.1) is 11.3 Å². The molecule has 6 nitrogen and oxygen atoms in total. The van der Waals surface area contributed by atoms with E-state index in [2.05, 4.69) is 40.8 Å². The Hall–Kier alpha value is -1.73. The van der Waals surface area contributed by atoms with Gasteiger partial charge in [0.25, 0.3) is 5.91 Å². The third-order valence-electron chi connectivity index (χ3n) is 5.17. The number of likely N-dealkylation sites (N-methyl/N-ethyl adjacent to an activating group) is 1. The maximum Gasteiger partial charge on any atom is 0.274 e. The van der Waals surface area contributed by atoms with E-state index in [4.69, 9.17) is 5.10 Å². The van der Waals surface area contributed by atoms with Crippen molar-refractivity contribution in [1.82, 2.24) is 24.6 Å². The lowest BCUT2D eigenvalue weighted by Gasteiger charge is -2.31. The number of fused-ring (bicyclic) bond motifs is 1. The second-order valence-corrected chi connectivity index (χ2v) is 9.28. The van der Waals surface area contributed by atoms with E-state index >= 15 is 0 Å². The molecule has 2 aromatic rings. The molecule has 1 aliphatic carbocycles. The van der Waals surface area contributed by atoms with Crippen molar-refractivity contribution in [2.45, 2.75) is 59.2 Å². The molecular weight excluding hydrogens is 358 g/mol. The van der Waals surface area contributed by atoms with Crippen LogP contribution in [0.2, 0.25) is 0 Å². The molecule has 0 aromatic carbocycles. The third-order valence-corrected chi connectivity index (χ3v) is 5.99. The predicted molar refractivity (Wildman–Crippen MR) is 109 cm³/mol. The molecular formula is C20H31N5OS. The van der Waals surface area contributed by atoms with Gasteiger partial charge in [0, 0.05) is 49.9 Å². The number of hydrogen-bond acceptors (Lipinski definition) is 5. The Labute approximate surface area is 166 Å². The molecule has 2 heterocycles. The number of aryl methyl sites for hydroxylation is 1. The van der Waals surface area contributed by atoms with Crippen LogP contribution >= 0.6 is 11.3 Å². The maximum absolute atomic E-state index is 12.7. The third kappa shape index (κ3) is 4.41. The Bertz CT molecular complexity index is 807. The monoisotopic (exact) mass is 389 g/mol. The zero-order valence-electron chi connectivity index (χ0n) is 17.3. The topological polar surface area (TPSA) is 54.3 Å². The van der Waals surface area contributed by atoms with Gasteiger partial charge in [0.15, 0.2) is 5.69 Å². The summed E-state index contributed by atoms with van der Waals surface area (Å²) in [6, 6.07) is 0.407. The van der Waals surface area contributed by atoms with Crippen LogP contribution in [0.5, 0.6) is 0 Å². The maximum atomic E-state index is 12.7. The largest absolute Gasteiger partial charge is 0.343 e. The van der Waals surface area contributed by atoms with Crippen LogP contribution < -0.4 is 0 Å².